The second-order valence-electron chi connectivity index (χ2n) is 4.63. The van der Waals surface area contributed by atoms with Crippen molar-refractivity contribution in [3.8, 4) is 0 Å². The molecular formula is C10H21N3O4S. The van der Waals surface area contributed by atoms with Crippen LogP contribution >= 0.6 is 0 Å². The first-order valence-corrected chi connectivity index (χ1v) is 7.42. The highest BCUT2D eigenvalue weighted by molar-refractivity contribution is 7.87. The molecule has 1 saturated heterocycles. The number of carbonyl (C=O) groups excluding carboxylic acids is 1. The van der Waals surface area contributed by atoms with Crippen molar-refractivity contribution in [2.75, 3.05) is 26.7 Å². The topological polar surface area (TPSA) is 87.7 Å². The van der Waals surface area contributed by atoms with E-state index < -0.39 is 16.3 Å². The Bertz CT molecular complexity index is 383. The average molecular weight is 279 g/mol. The van der Waals surface area contributed by atoms with Crippen molar-refractivity contribution in [1.82, 2.24) is 14.3 Å². The molecule has 0 spiro atoms. The number of nitrogens with zero attached hydrogens (tertiary/aromatic N) is 1. The van der Waals surface area contributed by atoms with Crippen molar-refractivity contribution < 1.29 is 17.9 Å². The molecule has 0 radical (unpaired) electrons. The molecule has 106 valence electrons. The molecule has 1 fully saturated rings. The molecule has 1 rings (SSSR count). The highest BCUT2D eigenvalue weighted by Crippen LogP contribution is 2.17. The Morgan fingerprint density at radius 3 is 2.72 bits per heavy atom. The SMILES string of the molecule is CNCC1CCN(S(=O)(=O)NC(=O)OC(C)C)C1. The Kier molecular flexibility index (Phi) is 5.36. The fraction of sp³-hybridized carbons (Fsp3) is 0.900. The third-order valence-corrected chi connectivity index (χ3v) is 4.07. The Morgan fingerprint density at radius 1 is 1.50 bits per heavy atom. The Hall–Kier alpha value is -0.860. The van der Waals surface area contributed by atoms with Crippen molar-refractivity contribution in [3.63, 3.8) is 0 Å². The van der Waals surface area contributed by atoms with E-state index >= 15 is 0 Å². The molecule has 1 atom stereocenters. The summed E-state index contributed by atoms with van der Waals surface area (Å²) in [5.41, 5.74) is 0. The van der Waals surface area contributed by atoms with Gasteiger partial charge in [0.05, 0.1) is 6.10 Å². The number of amides is 1. The van der Waals surface area contributed by atoms with E-state index in [0.29, 0.717) is 13.1 Å². The van der Waals surface area contributed by atoms with Crippen LogP contribution in [0.4, 0.5) is 4.79 Å². The van der Waals surface area contributed by atoms with Gasteiger partial charge in [0.2, 0.25) is 0 Å². The summed E-state index contributed by atoms with van der Waals surface area (Å²) in [6.45, 7) is 4.93. The standard InChI is InChI=1S/C10H21N3O4S/c1-8(2)17-10(14)12-18(15,16)13-5-4-9(7-13)6-11-3/h8-9,11H,4-7H2,1-3H3,(H,12,14). The van der Waals surface area contributed by atoms with Crippen LogP contribution in [0.25, 0.3) is 0 Å². The van der Waals surface area contributed by atoms with E-state index in [-0.39, 0.29) is 12.0 Å². The summed E-state index contributed by atoms with van der Waals surface area (Å²) in [4.78, 5) is 11.3. The number of hydrogen-bond donors (Lipinski definition) is 2. The monoisotopic (exact) mass is 279 g/mol. The molecular weight excluding hydrogens is 258 g/mol. The van der Waals surface area contributed by atoms with Crippen molar-refractivity contribution in [2.24, 2.45) is 5.92 Å². The first-order valence-electron chi connectivity index (χ1n) is 5.98. The molecule has 0 aromatic heterocycles. The molecule has 1 amide bonds. The minimum absolute atomic E-state index is 0.285. The summed E-state index contributed by atoms with van der Waals surface area (Å²) in [5.74, 6) is 0.285. The van der Waals surface area contributed by atoms with Crippen LogP contribution in [0.1, 0.15) is 20.3 Å². The van der Waals surface area contributed by atoms with Crippen LogP contribution in [0.15, 0.2) is 0 Å². The first-order chi connectivity index (χ1) is 8.35. The molecule has 2 N–H and O–H groups in total. The van der Waals surface area contributed by atoms with E-state index in [2.05, 4.69) is 5.32 Å². The maximum absolute atomic E-state index is 11.9. The van der Waals surface area contributed by atoms with Gasteiger partial charge in [-0.1, -0.05) is 0 Å². The van der Waals surface area contributed by atoms with Crippen LogP contribution in [0.2, 0.25) is 0 Å². The molecule has 0 saturated carbocycles. The van der Waals surface area contributed by atoms with E-state index in [9.17, 15) is 13.2 Å². The van der Waals surface area contributed by atoms with E-state index in [4.69, 9.17) is 4.74 Å². The molecule has 1 heterocycles. The smallest absolute Gasteiger partial charge is 0.422 e. The Morgan fingerprint density at radius 2 is 2.17 bits per heavy atom. The molecule has 8 heteroatoms. The largest absolute Gasteiger partial charge is 0.446 e. The van der Waals surface area contributed by atoms with Crippen molar-refractivity contribution in [3.05, 3.63) is 0 Å². The average Bonchev–Trinajstić information content (AvgIpc) is 2.65. The van der Waals surface area contributed by atoms with Crippen molar-refractivity contribution in [1.29, 1.82) is 0 Å². The van der Waals surface area contributed by atoms with Crippen molar-refractivity contribution >= 4 is 16.3 Å². The van der Waals surface area contributed by atoms with Gasteiger partial charge in [-0.3, -0.25) is 0 Å². The fourth-order valence-corrected chi connectivity index (χ4v) is 3.02. The lowest BCUT2D eigenvalue weighted by Crippen LogP contribution is -2.43. The second kappa shape index (κ2) is 6.35. The fourth-order valence-electron chi connectivity index (χ4n) is 1.88. The van der Waals surface area contributed by atoms with Gasteiger partial charge in [0, 0.05) is 13.1 Å². The minimum atomic E-state index is -3.78. The maximum atomic E-state index is 11.9. The van der Waals surface area contributed by atoms with E-state index in [0.717, 1.165) is 13.0 Å². The van der Waals surface area contributed by atoms with Gasteiger partial charge in [-0.15, -0.1) is 0 Å². The Labute approximate surface area is 108 Å². The highest BCUT2D eigenvalue weighted by Gasteiger charge is 2.32. The van der Waals surface area contributed by atoms with Crippen LogP contribution in [0, 0.1) is 5.92 Å². The highest BCUT2D eigenvalue weighted by atomic mass is 32.2. The lowest BCUT2D eigenvalue weighted by molar-refractivity contribution is 0.121. The van der Waals surface area contributed by atoms with Crippen molar-refractivity contribution in [2.45, 2.75) is 26.4 Å². The molecule has 0 aromatic rings. The van der Waals surface area contributed by atoms with Crippen LogP contribution in [0.5, 0.6) is 0 Å². The number of nitrogens with one attached hydrogen (secondary N) is 2. The van der Waals surface area contributed by atoms with Crippen LogP contribution < -0.4 is 10.0 Å². The van der Waals surface area contributed by atoms with Crippen LogP contribution in [-0.4, -0.2) is 51.6 Å². The number of carbonyl (C=O) groups is 1. The Balaban J connectivity index is 2.52. The summed E-state index contributed by atoms with van der Waals surface area (Å²) in [5, 5.41) is 3.01. The maximum Gasteiger partial charge on any atom is 0.422 e. The van der Waals surface area contributed by atoms with Crippen LogP contribution in [-0.2, 0) is 14.9 Å². The second-order valence-corrected chi connectivity index (χ2v) is 6.30. The van der Waals surface area contributed by atoms with Gasteiger partial charge >= 0.3 is 16.3 Å². The van der Waals surface area contributed by atoms with Gasteiger partial charge in [0.25, 0.3) is 0 Å². The summed E-state index contributed by atoms with van der Waals surface area (Å²) >= 11 is 0. The quantitative estimate of drug-likeness (QED) is 0.734. The summed E-state index contributed by atoms with van der Waals surface area (Å²) < 4.78 is 31.7. The summed E-state index contributed by atoms with van der Waals surface area (Å²) in [6, 6.07) is 0. The molecule has 1 aliphatic heterocycles. The van der Waals surface area contributed by atoms with Crippen LogP contribution in [0.3, 0.4) is 0 Å². The number of ether oxygens (including phenoxy) is 1. The molecule has 0 bridgehead atoms. The lowest BCUT2D eigenvalue weighted by atomic mass is 10.1. The lowest BCUT2D eigenvalue weighted by Gasteiger charge is -2.17. The first kappa shape index (κ1) is 15.2. The zero-order chi connectivity index (χ0) is 13.8. The molecule has 1 unspecified atom stereocenters. The summed E-state index contributed by atoms with van der Waals surface area (Å²) in [6.07, 6.45) is -0.487. The molecule has 0 aromatic carbocycles. The van der Waals surface area contributed by atoms with E-state index in [1.54, 1.807) is 13.8 Å². The van der Waals surface area contributed by atoms with Gasteiger partial charge in [0.1, 0.15) is 0 Å². The molecule has 0 aliphatic carbocycles. The predicted octanol–water partition coefficient (Wildman–Crippen LogP) is -0.0929. The third-order valence-electron chi connectivity index (χ3n) is 2.64. The van der Waals surface area contributed by atoms with Gasteiger partial charge in [-0.2, -0.15) is 12.7 Å². The van der Waals surface area contributed by atoms with E-state index in [1.807, 2.05) is 11.8 Å². The normalized spacial score (nSPS) is 21.2. The van der Waals surface area contributed by atoms with Gasteiger partial charge in [0.15, 0.2) is 0 Å². The predicted molar refractivity (Wildman–Crippen MR) is 67.3 cm³/mol. The zero-order valence-corrected chi connectivity index (χ0v) is 11.8. The number of rotatable bonds is 5. The molecule has 7 nitrogen and oxygen atoms in total. The van der Waals surface area contributed by atoms with Gasteiger partial charge in [-0.25, -0.2) is 9.52 Å². The van der Waals surface area contributed by atoms with Gasteiger partial charge < -0.3 is 10.1 Å². The number of hydrogen-bond acceptors (Lipinski definition) is 5. The zero-order valence-electron chi connectivity index (χ0n) is 11.0. The minimum Gasteiger partial charge on any atom is -0.446 e. The summed E-state index contributed by atoms with van der Waals surface area (Å²) in [7, 11) is -1.95. The van der Waals surface area contributed by atoms with Gasteiger partial charge in [-0.05, 0) is 39.8 Å². The third kappa shape index (κ3) is 4.43. The van der Waals surface area contributed by atoms with E-state index in [1.165, 1.54) is 4.31 Å². The molecule has 1 aliphatic rings. The molecule has 18 heavy (non-hydrogen) atoms.